The molecule has 0 bridgehead atoms. The Labute approximate surface area is 116 Å². The molecule has 0 radical (unpaired) electrons. The van der Waals surface area contributed by atoms with Crippen LogP contribution in [0.1, 0.15) is 46.0 Å². The highest BCUT2D eigenvalue weighted by Crippen LogP contribution is 2.22. The van der Waals surface area contributed by atoms with Crippen LogP contribution in [0, 0.1) is 5.92 Å². The van der Waals surface area contributed by atoms with Gasteiger partial charge < -0.3 is 15.5 Å². The van der Waals surface area contributed by atoms with E-state index in [1.54, 1.807) is 7.05 Å². The van der Waals surface area contributed by atoms with Crippen LogP contribution in [0.2, 0.25) is 0 Å². The quantitative estimate of drug-likeness (QED) is 0.816. The molecule has 1 aliphatic heterocycles. The Kier molecular flexibility index (Phi) is 6.67. The van der Waals surface area contributed by atoms with E-state index in [-0.39, 0.29) is 18.5 Å². The SMILES string of the molecule is CNC(=O)NCC(=O)N1CCCCCC1CC(C)C. The minimum Gasteiger partial charge on any atom is -0.341 e. The van der Waals surface area contributed by atoms with Gasteiger partial charge in [0, 0.05) is 19.6 Å². The molecule has 1 saturated heterocycles. The van der Waals surface area contributed by atoms with E-state index >= 15 is 0 Å². The summed E-state index contributed by atoms with van der Waals surface area (Å²) in [6.07, 6.45) is 5.60. The number of rotatable bonds is 4. The number of hydrogen-bond donors (Lipinski definition) is 2. The van der Waals surface area contributed by atoms with Gasteiger partial charge in [0.15, 0.2) is 0 Å². The lowest BCUT2D eigenvalue weighted by Crippen LogP contribution is -2.47. The van der Waals surface area contributed by atoms with E-state index in [0.29, 0.717) is 12.0 Å². The predicted molar refractivity (Wildman–Crippen MR) is 75.9 cm³/mol. The molecule has 1 rings (SSSR count). The summed E-state index contributed by atoms with van der Waals surface area (Å²) in [7, 11) is 1.55. The van der Waals surface area contributed by atoms with Gasteiger partial charge in [0.2, 0.25) is 5.91 Å². The molecule has 1 atom stereocenters. The van der Waals surface area contributed by atoms with Gasteiger partial charge in [-0.1, -0.05) is 26.7 Å². The first kappa shape index (κ1) is 15.8. The van der Waals surface area contributed by atoms with E-state index in [4.69, 9.17) is 0 Å². The highest BCUT2D eigenvalue weighted by atomic mass is 16.2. The number of amides is 3. The molecule has 1 aliphatic rings. The number of nitrogens with one attached hydrogen (secondary N) is 2. The van der Waals surface area contributed by atoms with Crippen molar-refractivity contribution in [1.29, 1.82) is 0 Å². The van der Waals surface area contributed by atoms with Crippen LogP contribution in [0.15, 0.2) is 0 Å². The first-order chi connectivity index (χ1) is 9.04. The van der Waals surface area contributed by atoms with Crippen molar-refractivity contribution < 1.29 is 9.59 Å². The standard InChI is InChI=1S/C14H27N3O2/c1-11(2)9-12-7-5-4-6-8-17(12)13(18)10-16-14(19)15-3/h11-12H,4-10H2,1-3H3,(H2,15,16,19). The predicted octanol–water partition coefficient (Wildman–Crippen LogP) is 1.73. The molecule has 110 valence electrons. The van der Waals surface area contributed by atoms with Gasteiger partial charge in [0.05, 0.1) is 6.54 Å². The maximum Gasteiger partial charge on any atom is 0.314 e. The molecular weight excluding hydrogens is 242 g/mol. The summed E-state index contributed by atoms with van der Waals surface area (Å²) >= 11 is 0. The lowest BCUT2D eigenvalue weighted by molar-refractivity contribution is -0.132. The Balaban J connectivity index is 2.57. The second kappa shape index (κ2) is 8.02. The molecule has 0 spiro atoms. The van der Waals surface area contributed by atoms with E-state index in [0.717, 1.165) is 25.8 Å². The third-order valence-electron chi connectivity index (χ3n) is 3.57. The van der Waals surface area contributed by atoms with Crippen molar-refractivity contribution in [2.24, 2.45) is 5.92 Å². The van der Waals surface area contributed by atoms with Crippen molar-refractivity contribution in [1.82, 2.24) is 15.5 Å². The van der Waals surface area contributed by atoms with Crippen molar-refractivity contribution in [2.45, 2.75) is 52.0 Å². The molecule has 0 aromatic heterocycles. The highest BCUT2D eigenvalue weighted by Gasteiger charge is 2.25. The van der Waals surface area contributed by atoms with Gasteiger partial charge in [-0.15, -0.1) is 0 Å². The normalized spacial score (nSPS) is 20.0. The van der Waals surface area contributed by atoms with Crippen LogP contribution in [0.5, 0.6) is 0 Å². The number of carbonyl (C=O) groups excluding carboxylic acids is 2. The monoisotopic (exact) mass is 269 g/mol. The lowest BCUT2D eigenvalue weighted by atomic mass is 9.99. The third kappa shape index (κ3) is 5.49. The van der Waals surface area contributed by atoms with E-state index in [1.807, 2.05) is 4.90 Å². The molecule has 0 aliphatic carbocycles. The zero-order valence-corrected chi connectivity index (χ0v) is 12.4. The first-order valence-corrected chi connectivity index (χ1v) is 7.29. The van der Waals surface area contributed by atoms with Crippen LogP contribution in [0.3, 0.4) is 0 Å². The summed E-state index contributed by atoms with van der Waals surface area (Å²) < 4.78 is 0. The Morgan fingerprint density at radius 1 is 1.26 bits per heavy atom. The Bertz CT molecular complexity index is 305. The van der Waals surface area contributed by atoms with Gasteiger partial charge in [0.1, 0.15) is 0 Å². The second-order valence-electron chi connectivity index (χ2n) is 5.65. The average molecular weight is 269 g/mol. The molecule has 3 amide bonds. The minimum absolute atomic E-state index is 0.0381. The zero-order chi connectivity index (χ0) is 14.3. The first-order valence-electron chi connectivity index (χ1n) is 7.29. The van der Waals surface area contributed by atoms with Crippen molar-refractivity contribution >= 4 is 11.9 Å². The summed E-state index contributed by atoms with van der Waals surface area (Å²) in [4.78, 5) is 25.4. The van der Waals surface area contributed by atoms with Gasteiger partial charge in [-0.2, -0.15) is 0 Å². The van der Waals surface area contributed by atoms with Crippen LogP contribution < -0.4 is 10.6 Å². The highest BCUT2D eigenvalue weighted by molar-refractivity contribution is 5.84. The zero-order valence-electron chi connectivity index (χ0n) is 12.4. The van der Waals surface area contributed by atoms with Crippen LogP contribution >= 0.6 is 0 Å². The van der Waals surface area contributed by atoms with Gasteiger partial charge in [-0.25, -0.2) is 4.79 Å². The van der Waals surface area contributed by atoms with Gasteiger partial charge >= 0.3 is 6.03 Å². The van der Waals surface area contributed by atoms with Crippen molar-refractivity contribution in [3.8, 4) is 0 Å². The van der Waals surface area contributed by atoms with Crippen LogP contribution in [0.4, 0.5) is 4.79 Å². The minimum atomic E-state index is -0.302. The molecule has 19 heavy (non-hydrogen) atoms. The summed E-state index contributed by atoms with van der Waals surface area (Å²) in [5.74, 6) is 0.626. The topological polar surface area (TPSA) is 61.4 Å². The van der Waals surface area contributed by atoms with E-state index in [9.17, 15) is 9.59 Å². The van der Waals surface area contributed by atoms with Gasteiger partial charge in [-0.05, 0) is 25.2 Å². The van der Waals surface area contributed by atoms with Gasteiger partial charge in [0.25, 0.3) is 0 Å². The fourth-order valence-corrected chi connectivity index (χ4v) is 2.64. The molecule has 1 heterocycles. The smallest absolute Gasteiger partial charge is 0.314 e. The summed E-state index contributed by atoms with van der Waals surface area (Å²) in [6, 6.07) is 0.0325. The van der Waals surface area contributed by atoms with Crippen LogP contribution in [-0.2, 0) is 4.79 Å². The number of likely N-dealkylation sites (tertiary alicyclic amines) is 1. The fourth-order valence-electron chi connectivity index (χ4n) is 2.64. The largest absolute Gasteiger partial charge is 0.341 e. The third-order valence-corrected chi connectivity index (χ3v) is 3.57. The number of hydrogen-bond acceptors (Lipinski definition) is 2. The molecule has 2 N–H and O–H groups in total. The van der Waals surface area contributed by atoms with Crippen LogP contribution in [-0.4, -0.2) is 43.0 Å². The molecule has 5 nitrogen and oxygen atoms in total. The van der Waals surface area contributed by atoms with Crippen LogP contribution in [0.25, 0.3) is 0 Å². The lowest BCUT2D eigenvalue weighted by Gasteiger charge is -2.31. The molecule has 0 aromatic carbocycles. The summed E-state index contributed by atoms with van der Waals surface area (Å²) in [5.41, 5.74) is 0. The Morgan fingerprint density at radius 3 is 2.63 bits per heavy atom. The summed E-state index contributed by atoms with van der Waals surface area (Å²) in [5, 5.41) is 5.04. The van der Waals surface area contributed by atoms with Crippen molar-refractivity contribution in [2.75, 3.05) is 20.1 Å². The molecule has 0 saturated carbocycles. The molecule has 1 fully saturated rings. The fraction of sp³-hybridized carbons (Fsp3) is 0.857. The average Bonchev–Trinajstić information content (AvgIpc) is 2.60. The number of urea groups is 1. The maximum absolute atomic E-state index is 12.2. The Hall–Kier alpha value is -1.26. The van der Waals surface area contributed by atoms with E-state index in [1.165, 1.54) is 12.8 Å². The molecule has 5 heteroatoms. The molecule has 0 aromatic rings. The van der Waals surface area contributed by atoms with Gasteiger partial charge in [-0.3, -0.25) is 4.79 Å². The summed E-state index contributed by atoms with van der Waals surface area (Å²) in [6.45, 7) is 5.30. The molecular formula is C14H27N3O2. The number of nitrogens with zero attached hydrogens (tertiary/aromatic N) is 1. The Morgan fingerprint density at radius 2 is 2.00 bits per heavy atom. The van der Waals surface area contributed by atoms with Crippen molar-refractivity contribution in [3.63, 3.8) is 0 Å². The van der Waals surface area contributed by atoms with Crippen molar-refractivity contribution in [3.05, 3.63) is 0 Å². The van der Waals surface area contributed by atoms with E-state index < -0.39 is 0 Å². The maximum atomic E-state index is 12.2. The number of carbonyl (C=O) groups is 2. The second-order valence-corrected chi connectivity index (χ2v) is 5.65. The van der Waals surface area contributed by atoms with E-state index in [2.05, 4.69) is 24.5 Å². The molecule has 1 unspecified atom stereocenters.